The molecule has 0 radical (unpaired) electrons. The standard InChI is InChI=1S/C66H36N4/c1-4-17-37(18-5-1)54-59-49-30-16-28-47-57-53(36-34-45-43-26-14-25-42-40-23-11-13-32-51(40)68(60(42)43)64(45)57)70(62(47)49)66(59)55(38-19-6-2-7-20-38)58-48-29-15-27-46-56-52(69(61(46)48)65(54)58)35-33-44-41-24-10-12-31-50(41)67(63(44)56)39-21-8-3-9-22-39/h1-36H. The highest BCUT2D eigenvalue weighted by atomic mass is 15.0. The van der Waals surface area contributed by atoms with Gasteiger partial charge in [0.2, 0.25) is 0 Å². The fraction of sp³-hybridized carbons (Fsp3) is 0. The van der Waals surface area contributed by atoms with Crippen molar-refractivity contribution in [1.82, 2.24) is 17.8 Å². The van der Waals surface area contributed by atoms with Crippen LogP contribution in [0.15, 0.2) is 218 Å². The van der Waals surface area contributed by atoms with E-state index in [-0.39, 0.29) is 0 Å². The molecule has 4 nitrogen and oxygen atoms in total. The maximum atomic E-state index is 2.66. The molecule has 0 aliphatic rings. The zero-order valence-corrected chi connectivity index (χ0v) is 37.6. The van der Waals surface area contributed by atoms with Gasteiger partial charge in [0.25, 0.3) is 0 Å². The Morgan fingerprint density at radius 2 is 0.571 bits per heavy atom. The van der Waals surface area contributed by atoms with Crippen molar-refractivity contribution < 1.29 is 0 Å². The van der Waals surface area contributed by atoms with E-state index in [2.05, 4.69) is 236 Å². The van der Waals surface area contributed by atoms with E-state index < -0.39 is 0 Å². The lowest BCUT2D eigenvalue weighted by Gasteiger charge is -2.16. The summed E-state index contributed by atoms with van der Waals surface area (Å²) in [4.78, 5) is 0. The molecule has 0 fully saturated rings. The molecule has 0 aliphatic carbocycles. The molecular formula is C66H36N4. The molecule has 0 N–H and O–H groups in total. The second-order valence-electron chi connectivity index (χ2n) is 19.5. The summed E-state index contributed by atoms with van der Waals surface area (Å²) in [5, 5.41) is 18.0. The van der Waals surface area contributed by atoms with E-state index in [1.165, 1.54) is 158 Å². The summed E-state index contributed by atoms with van der Waals surface area (Å²) in [5.41, 5.74) is 19.9. The van der Waals surface area contributed by atoms with E-state index in [0.29, 0.717) is 0 Å². The molecule has 320 valence electrons. The lowest BCUT2D eigenvalue weighted by Crippen LogP contribution is -1.95. The van der Waals surface area contributed by atoms with Crippen LogP contribution in [-0.2, 0) is 0 Å². The summed E-state index contributed by atoms with van der Waals surface area (Å²) >= 11 is 0. The topological polar surface area (TPSA) is 18.2 Å². The van der Waals surface area contributed by atoms with Crippen molar-refractivity contribution in [2.24, 2.45) is 0 Å². The lowest BCUT2D eigenvalue weighted by molar-refractivity contribution is 1.19. The molecule has 7 aromatic heterocycles. The van der Waals surface area contributed by atoms with E-state index in [1.807, 2.05) is 0 Å². The second-order valence-corrected chi connectivity index (χ2v) is 19.5. The molecule has 70 heavy (non-hydrogen) atoms. The summed E-state index contributed by atoms with van der Waals surface area (Å²) in [6.45, 7) is 0. The Kier molecular flexibility index (Phi) is 6.33. The molecule has 0 atom stereocenters. The normalized spacial score (nSPS) is 12.9. The summed E-state index contributed by atoms with van der Waals surface area (Å²) in [5.74, 6) is 0. The van der Waals surface area contributed by atoms with Crippen molar-refractivity contribution in [3.05, 3.63) is 218 Å². The van der Waals surface area contributed by atoms with Crippen LogP contribution in [-0.4, -0.2) is 17.8 Å². The number of fused-ring (bicyclic) bond motifs is 23. The fourth-order valence-electron chi connectivity index (χ4n) is 13.8. The number of para-hydroxylation sites is 6. The maximum absolute atomic E-state index is 2.66. The van der Waals surface area contributed by atoms with Gasteiger partial charge in [-0.15, -0.1) is 0 Å². The molecule has 4 heteroatoms. The van der Waals surface area contributed by atoms with Gasteiger partial charge in [0, 0.05) is 92.2 Å². The monoisotopic (exact) mass is 884 g/mol. The van der Waals surface area contributed by atoms with Crippen LogP contribution in [0.2, 0.25) is 0 Å². The molecule has 0 saturated heterocycles. The number of nitrogens with zero attached hydrogens (tertiary/aromatic N) is 4. The van der Waals surface area contributed by atoms with Crippen LogP contribution in [0.4, 0.5) is 0 Å². The van der Waals surface area contributed by atoms with E-state index >= 15 is 0 Å². The first-order valence-corrected chi connectivity index (χ1v) is 24.4. The predicted molar refractivity (Wildman–Crippen MR) is 296 cm³/mol. The van der Waals surface area contributed by atoms with Gasteiger partial charge in [0.05, 0.1) is 60.7 Å². The number of hydrogen-bond donors (Lipinski definition) is 0. The Morgan fingerprint density at radius 3 is 1.14 bits per heavy atom. The van der Waals surface area contributed by atoms with E-state index in [1.54, 1.807) is 0 Å². The van der Waals surface area contributed by atoms with Crippen LogP contribution >= 0.6 is 0 Å². The smallest absolute Gasteiger partial charge is 0.0641 e. The first kappa shape index (κ1) is 35.8. The van der Waals surface area contributed by atoms with Gasteiger partial charge in [-0.05, 0) is 47.5 Å². The van der Waals surface area contributed by atoms with Crippen molar-refractivity contribution in [2.45, 2.75) is 0 Å². The number of benzene rings is 11. The predicted octanol–water partition coefficient (Wildman–Crippen LogP) is 17.6. The molecule has 0 bridgehead atoms. The van der Waals surface area contributed by atoms with Gasteiger partial charge in [-0.1, -0.05) is 182 Å². The largest absolute Gasteiger partial charge is 0.309 e. The molecule has 7 heterocycles. The van der Waals surface area contributed by atoms with Gasteiger partial charge in [-0.3, -0.25) is 0 Å². The highest BCUT2D eigenvalue weighted by Gasteiger charge is 2.32. The number of rotatable bonds is 3. The highest BCUT2D eigenvalue weighted by Crippen LogP contribution is 2.55. The van der Waals surface area contributed by atoms with Gasteiger partial charge < -0.3 is 17.8 Å². The molecule has 18 aromatic rings. The minimum Gasteiger partial charge on any atom is -0.309 e. The van der Waals surface area contributed by atoms with Crippen molar-refractivity contribution in [3.8, 4) is 27.9 Å². The van der Waals surface area contributed by atoms with Crippen molar-refractivity contribution in [1.29, 1.82) is 0 Å². The molecule has 0 unspecified atom stereocenters. The molecule has 0 aliphatic heterocycles. The maximum Gasteiger partial charge on any atom is 0.0641 e. The van der Waals surface area contributed by atoms with Gasteiger partial charge in [0.15, 0.2) is 0 Å². The molecule has 18 rings (SSSR count). The first-order chi connectivity index (χ1) is 34.8. The third-order valence-electron chi connectivity index (χ3n) is 16.3. The van der Waals surface area contributed by atoms with Gasteiger partial charge in [0.1, 0.15) is 0 Å². The summed E-state index contributed by atoms with van der Waals surface area (Å²) < 4.78 is 10.4. The van der Waals surface area contributed by atoms with E-state index in [0.717, 1.165) is 5.69 Å². The average molecular weight is 885 g/mol. The van der Waals surface area contributed by atoms with Crippen LogP contribution in [0.3, 0.4) is 0 Å². The number of hydrogen-bond acceptors (Lipinski definition) is 0. The fourth-order valence-corrected chi connectivity index (χ4v) is 13.8. The number of aromatic nitrogens is 4. The minimum absolute atomic E-state index is 1.16. The second kappa shape index (κ2) is 12.4. The molecule has 11 aromatic carbocycles. The van der Waals surface area contributed by atoms with Crippen LogP contribution in [0.1, 0.15) is 0 Å². The van der Waals surface area contributed by atoms with Crippen LogP contribution in [0.25, 0.3) is 164 Å². The zero-order chi connectivity index (χ0) is 45.1. The Morgan fingerprint density at radius 1 is 0.200 bits per heavy atom. The quantitative estimate of drug-likeness (QED) is 0.168. The Labute approximate surface area is 398 Å². The van der Waals surface area contributed by atoms with Gasteiger partial charge in [-0.25, -0.2) is 0 Å². The average Bonchev–Trinajstić information content (AvgIpc) is 4.30. The minimum atomic E-state index is 1.16. The Bertz CT molecular complexity index is 5260. The molecular weight excluding hydrogens is 849 g/mol. The summed E-state index contributed by atoms with van der Waals surface area (Å²) in [6, 6.07) is 81.8. The van der Waals surface area contributed by atoms with Gasteiger partial charge >= 0.3 is 0 Å². The molecule has 0 spiro atoms. The Balaban J connectivity index is 1.12. The third kappa shape index (κ3) is 4.00. The summed E-state index contributed by atoms with van der Waals surface area (Å²) in [7, 11) is 0. The Hall–Kier alpha value is -9.38. The van der Waals surface area contributed by atoms with Crippen molar-refractivity contribution in [2.75, 3.05) is 0 Å². The van der Waals surface area contributed by atoms with Crippen molar-refractivity contribution >= 4 is 136 Å². The third-order valence-corrected chi connectivity index (χ3v) is 16.3. The SMILES string of the molecule is c1ccc(-c2c3c4cccc5c6c(ccc7c8cccc9c%10ccccc%10n(c98)c76)n(c3c(-c3ccccc3)c3c6cccc7c8c9c(ccc8n(c23)c67)c2ccccc2n9-c2ccccc2)c45)cc1. The van der Waals surface area contributed by atoms with Crippen LogP contribution in [0, 0.1) is 0 Å². The zero-order valence-electron chi connectivity index (χ0n) is 37.6. The molecule has 0 saturated carbocycles. The van der Waals surface area contributed by atoms with Crippen LogP contribution in [0.5, 0.6) is 0 Å². The van der Waals surface area contributed by atoms with Crippen LogP contribution < -0.4 is 0 Å². The molecule has 0 amide bonds. The highest BCUT2D eigenvalue weighted by molar-refractivity contribution is 6.41. The lowest BCUT2D eigenvalue weighted by atomic mass is 9.89. The van der Waals surface area contributed by atoms with E-state index in [9.17, 15) is 0 Å². The van der Waals surface area contributed by atoms with E-state index in [4.69, 9.17) is 0 Å². The van der Waals surface area contributed by atoms with Crippen molar-refractivity contribution in [3.63, 3.8) is 0 Å². The summed E-state index contributed by atoms with van der Waals surface area (Å²) in [6.07, 6.45) is 0. The van der Waals surface area contributed by atoms with Gasteiger partial charge in [-0.2, -0.15) is 0 Å². The first-order valence-electron chi connectivity index (χ1n) is 24.4.